The molecule has 1 aromatic heterocycles. The molecule has 0 aliphatic rings. The summed E-state index contributed by atoms with van der Waals surface area (Å²) in [7, 11) is 1.65. The van der Waals surface area contributed by atoms with E-state index in [4.69, 9.17) is 27.7 Å². The second-order valence-electron chi connectivity index (χ2n) is 5.54. The zero-order valence-electron chi connectivity index (χ0n) is 13.9. The molecule has 0 unspecified atom stereocenters. The Labute approximate surface area is 160 Å². The summed E-state index contributed by atoms with van der Waals surface area (Å²) in [5.41, 5.74) is 1.45. The van der Waals surface area contributed by atoms with E-state index in [0.717, 1.165) is 5.56 Å². The second kappa shape index (κ2) is 8.17. The van der Waals surface area contributed by atoms with E-state index in [1.807, 2.05) is 30.3 Å². The molecule has 1 heterocycles. The number of benzene rings is 2. The van der Waals surface area contributed by atoms with Gasteiger partial charge in [-0.15, -0.1) is 0 Å². The zero-order valence-corrected chi connectivity index (χ0v) is 15.4. The van der Waals surface area contributed by atoms with Gasteiger partial charge in [0.05, 0.1) is 11.6 Å². The van der Waals surface area contributed by atoms with Crippen LogP contribution in [0.3, 0.4) is 0 Å². The minimum absolute atomic E-state index is 0.184. The van der Waals surface area contributed by atoms with Crippen molar-refractivity contribution in [3.63, 3.8) is 0 Å². The van der Waals surface area contributed by atoms with Gasteiger partial charge in [0, 0.05) is 23.7 Å². The number of hydrogen-bond donors (Lipinski definition) is 0. The van der Waals surface area contributed by atoms with Crippen molar-refractivity contribution in [3.05, 3.63) is 76.1 Å². The molecule has 3 rings (SSSR count). The number of amides is 1. The molecular weight excluding hydrogens is 373 g/mol. The summed E-state index contributed by atoms with van der Waals surface area (Å²) >= 11 is 12.2. The summed E-state index contributed by atoms with van der Waals surface area (Å²) in [6.45, 7) is 0.184. The predicted octanol–water partition coefficient (Wildman–Crippen LogP) is 4.72. The molecule has 0 saturated heterocycles. The van der Waals surface area contributed by atoms with Gasteiger partial charge in [0.25, 0.3) is 0 Å². The molecule has 1 amide bonds. The van der Waals surface area contributed by atoms with E-state index in [9.17, 15) is 4.79 Å². The van der Waals surface area contributed by atoms with Crippen molar-refractivity contribution in [2.45, 2.75) is 6.54 Å². The van der Waals surface area contributed by atoms with Crippen LogP contribution in [0.15, 0.2) is 59.1 Å². The first-order chi connectivity index (χ1) is 12.5. The second-order valence-corrected chi connectivity index (χ2v) is 6.36. The van der Waals surface area contributed by atoms with Gasteiger partial charge in [-0.1, -0.05) is 58.7 Å². The van der Waals surface area contributed by atoms with Gasteiger partial charge in [0.2, 0.25) is 17.6 Å². The lowest BCUT2D eigenvalue weighted by molar-refractivity contribution is -0.125. The lowest BCUT2D eigenvalue weighted by Crippen LogP contribution is -2.24. The summed E-state index contributed by atoms with van der Waals surface area (Å²) in [5.74, 6) is 0.502. The van der Waals surface area contributed by atoms with Crippen LogP contribution >= 0.6 is 23.2 Å². The fourth-order valence-corrected chi connectivity index (χ4v) is 2.67. The lowest BCUT2D eigenvalue weighted by atomic mass is 10.2. The summed E-state index contributed by atoms with van der Waals surface area (Å²) in [6, 6.07) is 14.5. The van der Waals surface area contributed by atoms with Gasteiger partial charge in [-0.25, -0.2) is 0 Å². The highest BCUT2D eigenvalue weighted by molar-refractivity contribution is 6.33. The SMILES string of the molecule is CN(Cc1nc(-c2ccccc2Cl)no1)C(=O)/C=C/c1ccccc1Cl. The van der Waals surface area contributed by atoms with Crippen molar-refractivity contribution in [1.82, 2.24) is 15.0 Å². The molecule has 0 spiro atoms. The number of hydrogen-bond acceptors (Lipinski definition) is 4. The number of likely N-dealkylation sites (N-methyl/N-ethyl adjacent to an activating group) is 1. The van der Waals surface area contributed by atoms with Gasteiger partial charge in [0.15, 0.2) is 0 Å². The minimum Gasteiger partial charge on any atom is -0.337 e. The van der Waals surface area contributed by atoms with Crippen LogP contribution in [0, 0.1) is 0 Å². The molecule has 2 aromatic carbocycles. The Balaban J connectivity index is 1.67. The maximum absolute atomic E-state index is 12.2. The molecule has 0 bridgehead atoms. The Bertz CT molecular complexity index is 953. The van der Waals surface area contributed by atoms with Crippen LogP contribution in [0.5, 0.6) is 0 Å². The first-order valence-electron chi connectivity index (χ1n) is 7.80. The third-order valence-electron chi connectivity index (χ3n) is 3.64. The smallest absolute Gasteiger partial charge is 0.246 e. The van der Waals surface area contributed by atoms with Crippen molar-refractivity contribution < 1.29 is 9.32 Å². The fourth-order valence-electron chi connectivity index (χ4n) is 2.25. The maximum atomic E-state index is 12.2. The minimum atomic E-state index is -0.206. The van der Waals surface area contributed by atoms with Gasteiger partial charge in [-0.3, -0.25) is 4.79 Å². The first-order valence-corrected chi connectivity index (χ1v) is 8.55. The summed E-state index contributed by atoms with van der Waals surface area (Å²) in [6.07, 6.45) is 3.12. The molecule has 0 fully saturated rings. The molecule has 7 heteroatoms. The van der Waals surface area contributed by atoms with Crippen molar-refractivity contribution in [3.8, 4) is 11.4 Å². The van der Waals surface area contributed by atoms with Crippen molar-refractivity contribution in [2.75, 3.05) is 7.05 Å². The van der Waals surface area contributed by atoms with E-state index in [1.165, 1.54) is 11.0 Å². The largest absolute Gasteiger partial charge is 0.337 e. The monoisotopic (exact) mass is 387 g/mol. The van der Waals surface area contributed by atoms with E-state index in [1.54, 1.807) is 31.3 Å². The molecule has 0 radical (unpaired) electrons. The van der Waals surface area contributed by atoms with Gasteiger partial charge >= 0.3 is 0 Å². The molecule has 0 N–H and O–H groups in total. The number of halogens is 2. The molecule has 132 valence electrons. The Kier molecular flexibility index (Phi) is 5.71. The molecular formula is C19H15Cl2N3O2. The Hall–Kier alpha value is -2.63. The van der Waals surface area contributed by atoms with E-state index < -0.39 is 0 Å². The predicted molar refractivity (Wildman–Crippen MR) is 102 cm³/mol. The average molecular weight is 388 g/mol. The normalized spacial score (nSPS) is 11.0. The highest BCUT2D eigenvalue weighted by atomic mass is 35.5. The van der Waals surface area contributed by atoms with Crippen LogP contribution in [0.1, 0.15) is 11.5 Å². The average Bonchev–Trinajstić information content (AvgIpc) is 3.09. The summed E-state index contributed by atoms with van der Waals surface area (Å²) in [4.78, 5) is 18.0. The van der Waals surface area contributed by atoms with E-state index in [-0.39, 0.29) is 12.5 Å². The highest BCUT2D eigenvalue weighted by Gasteiger charge is 2.14. The molecule has 0 atom stereocenters. The molecule has 26 heavy (non-hydrogen) atoms. The van der Waals surface area contributed by atoms with E-state index in [0.29, 0.717) is 27.3 Å². The van der Waals surface area contributed by atoms with E-state index >= 15 is 0 Å². The Morgan fingerprint density at radius 3 is 2.54 bits per heavy atom. The first kappa shape index (κ1) is 18.2. The topological polar surface area (TPSA) is 59.2 Å². The Morgan fingerprint density at radius 2 is 1.81 bits per heavy atom. The van der Waals surface area contributed by atoms with Crippen LogP contribution in [0.4, 0.5) is 0 Å². The quantitative estimate of drug-likeness (QED) is 0.594. The van der Waals surface area contributed by atoms with Gasteiger partial charge in [-0.05, 0) is 29.8 Å². The number of carbonyl (C=O) groups is 1. The number of nitrogens with zero attached hydrogens (tertiary/aromatic N) is 3. The van der Waals surface area contributed by atoms with Crippen LogP contribution in [-0.4, -0.2) is 28.0 Å². The van der Waals surface area contributed by atoms with Crippen molar-refractivity contribution in [1.29, 1.82) is 0 Å². The third-order valence-corrected chi connectivity index (χ3v) is 4.32. The number of carbonyl (C=O) groups excluding carboxylic acids is 1. The third kappa shape index (κ3) is 4.31. The van der Waals surface area contributed by atoms with Crippen molar-refractivity contribution >= 4 is 35.2 Å². The molecule has 5 nitrogen and oxygen atoms in total. The van der Waals surface area contributed by atoms with Crippen LogP contribution in [-0.2, 0) is 11.3 Å². The fraction of sp³-hybridized carbons (Fsp3) is 0.105. The van der Waals surface area contributed by atoms with Crippen LogP contribution < -0.4 is 0 Å². The van der Waals surface area contributed by atoms with Crippen LogP contribution in [0.25, 0.3) is 17.5 Å². The van der Waals surface area contributed by atoms with E-state index in [2.05, 4.69) is 10.1 Å². The van der Waals surface area contributed by atoms with Gasteiger partial charge < -0.3 is 9.42 Å². The Morgan fingerprint density at radius 1 is 1.12 bits per heavy atom. The molecule has 3 aromatic rings. The number of rotatable bonds is 5. The summed E-state index contributed by atoms with van der Waals surface area (Å²) < 4.78 is 5.22. The van der Waals surface area contributed by atoms with Gasteiger partial charge in [-0.2, -0.15) is 4.98 Å². The number of aromatic nitrogens is 2. The van der Waals surface area contributed by atoms with Gasteiger partial charge in [0.1, 0.15) is 0 Å². The molecule has 0 aliphatic heterocycles. The van der Waals surface area contributed by atoms with Crippen molar-refractivity contribution in [2.24, 2.45) is 0 Å². The zero-order chi connectivity index (χ0) is 18.5. The maximum Gasteiger partial charge on any atom is 0.246 e. The molecule has 0 saturated carbocycles. The highest BCUT2D eigenvalue weighted by Crippen LogP contribution is 2.25. The van der Waals surface area contributed by atoms with Crippen LogP contribution in [0.2, 0.25) is 10.0 Å². The summed E-state index contributed by atoms with van der Waals surface area (Å²) in [5, 5.41) is 5.04. The lowest BCUT2D eigenvalue weighted by Gasteiger charge is -2.11. The standard InChI is InChI=1S/C19H15Cl2N3O2/c1-24(18(25)11-10-13-6-2-4-8-15(13)20)12-17-22-19(23-26-17)14-7-3-5-9-16(14)21/h2-11H,12H2,1H3/b11-10+. The molecule has 0 aliphatic carbocycles.